The number of amides is 2. The number of rotatable bonds is 5. The standard InChI is InChI=1S/C18H24N2O2/c1-3-14(2)18(22)19-16-10-7-13-20(16)17(21)12-11-15-8-5-4-6-9-15/h4-6,8-9,11-12,14,16H,3,7,10,13H2,1-2H3,(H,19,22)/b12-11-/t14-,16-/m0/s1. The van der Waals surface area contributed by atoms with Crippen LogP contribution in [-0.2, 0) is 9.59 Å². The molecule has 4 heteroatoms. The fourth-order valence-corrected chi connectivity index (χ4v) is 2.50. The molecule has 118 valence electrons. The summed E-state index contributed by atoms with van der Waals surface area (Å²) < 4.78 is 0. The molecule has 2 rings (SSSR count). The van der Waals surface area contributed by atoms with Gasteiger partial charge in [-0.2, -0.15) is 0 Å². The molecule has 1 saturated heterocycles. The number of hydrogen-bond donors (Lipinski definition) is 1. The van der Waals surface area contributed by atoms with Crippen LogP contribution in [0, 0.1) is 5.92 Å². The van der Waals surface area contributed by atoms with Crippen LogP contribution in [0.5, 0.6) is 0 Å². The Morgan fingerprint density at radius 2 is 2.09 bits per heavy atom. The number of carbonyl (C=O) groups is 2. The Hall–Kier alpha value is -2.10. The first-order chi connectivity index (χ1) is 10.6. The van der Waals surface area contributed by atoms with Crippen molar-refractivity contribution in [1.82, 2.24) is 10.2 Å². The number of hydrogen-bond acceptors (Lipinski definition) is 2. The van der Waals surface area contributed by atoms with Gasteiger partial charge in [0.15, 0.2) is 0 Å². The second kappa shape index (κ2) is 7.78. The second-order valence-corrected chi connectivity index (χ2v) is 5.75. The fraction of sp³-hybridized carbons (Fsp3) is 0.444. The van der Waals surface area contributed by atoms with Crippen LogP contribution in [0.3, 0.4) is 0 Å². The molecule has 22 heavy (non-hydrogen) atoms. The smallest absolute Gasteiger partial charge is 0.248 e. The minimum absolute atomic E-state index is 0.0163. The lowest BCUT2D eigenvalue weighted by atomic mass is 10.1. The van der Waals surface area contributed by atoms with Gasteiger partial charge in [-0.3, -0.25) is 9.59 Å². The van der Waals surface area contributed by atoms with E-state index < -0.39 is 0 Å². The van der Waals surface area contributed by atoms with Crippen LogP contribution < -0.4 is 5.32 Å². The Balaban J connectivity index is 1.96. The minimum Gasteiger partial charge on any atom is -0.336 e. The Morgan fingerprint density at radius 1 is 1.36 bits per heavy atom. The molecular weight excluding hydrogens is 276 g/mol. The first kappa shape index (κ1) is 16.3. The highest BCUT2D eigenvalue weighted by Crippen LogP contribution is 2.17. The molecule has 2 atom stereocenters. The van der Waals surface area contributed by atoms with Crippen molar-refractivity contribution in [2.75, 3.05) is 6.54 Å². The molecule has 0 spiro atoms. The summed E-state index contributed by atoms with van der Waals surface area (Å²) in [5, 5.41) is 2.99. The summed E-state index contributed by atoms with van der Waals surface area (Å²) in [5.41, 5.74) is 0.996. The average Bonchev–Trinajstić information content (AvgIpc) is 3.00. The highest BCUT2D eigenvalue weighted by molar-refractivity contribution is 5.92. The lowest BCUT2D eigenvalue weighted by Crippen LogP contribution is -2.47. The maximum Gasteiger partial charge on any atom is 0.248 e. The lowest BCUT2D eigenvalue weighted by Gasteiger charge is -2.25. The van der Waals surface area contributed by atoms with Crippen LogP contribution in [0.15, 0.2) is 36.4 Å². The lowest BCUT2D eigenvalue weighted by molar-refractivity contribution is -0.131. The van der Waals surface area contributed by atoms with Crippen molar-refractivity contribution in [3.05, 3.63) is 42.0 Å². The molecule has 2 amide bonds. The number of benzene rings is 1. The number of likely N-dealkylation sites (tertiary alicyclic amines) is 1. The van der Waals surface area contributed by atoms with E-state index in [-0.39, 0.29) is 23.9 Å². The molecule has 0 aromatic heterocycles. The van der Waals surface area contributed by atoms with Gasteiger partial charge in [0.1, 0.15) is 6.17 Å². The largest absolute Gasteiger partial charge is 0.336 e. The van der Waals surface area contributed by atoms with Crippen molar-refractivity contribution in [2.45, 2.75) is 39.3 Å². The van der Waals surface area contributed by atoms with E-state index in [4.69, 9.17) is 0 Å². The maximum atomic E-state index is 12.3. The first-order valence-corrected chi connectivity index (χ1v) is 7.96. The number of nitrogens with zero attached hydrogens (tertiary/aromatic N) is 1. The summed E-state index contributed by atoms with van der Waals surface area (Å²) in [6.07, 6.45) is 5.79. The van der Waals surface area contributed by atoms with Gasteiger partial charge in [-0.25, -0.2) is 0 Å². The van der Waals surface area contributed by atoms with Crippen molar-refractivity contribution in [1.29, 1.82) is 0 Å². The van der Waals surface area contributed by atoms with E-state index >= 15 is 0 Å². The summed E-state index contributed by atoms with van der Waals surface area (Å²) in [5.74, 6) is -0.0348. The van der Waals surface area contributed by atoms with Gasteiger partial charge in [0, 0.05) is 18.5 Å². The van der Waals surface area contributed by atoms with Crippen molar-refractivity contribution in [3.63, 3.8) is 0 Å². The molecule has 0 aliphatic carbocycles. The molecule has 1 N–H and O–H groups in total. The van der Waals surface area contributed by atoms with E-state index in [2.05, 4.69) is 5.32 Å². The molecule has 0 saturated carbocycles. The fourth-order valence-electron chi connectivity index (χ4n) is 2.50. The average molecular weight is 300 g/mol. The van der Waals surface area contributed by atoms with E-state index in [9.17, 15) is 9.59 Å². The first-order valence-electron chi connectivity index (χ1n) is 7.96. The van der Waals surface area contributed by atoms with Crippen LogP contribution in [0.1, 0.15) is 38.7 Å². The highest BCUT2D eigenvalue weighted by Gasteiger charge is 2.29. The van der Waals surface area contributed by atoms with Gasteiger partial charge in [0.25, 0.3) is 0 Å². The zero-order valence-electron chi connectivity index (χ0n) is 13.3. The normalized spacial score (nSPS) is 19.4. The van der Waals surface area contributed by atoms with Gasteiger partial charge in [-0.05, 0) is 30.9 Å². The molecule has 4 nitrogen and oxygen atoms in total. The van der Waals surface area contributed by atoms with Crippen LogP contribution in [-0.4, -0.2) is 29.4 Å². The zero-order chi connectivity index (χ0) is 15.9. The van der Waals surface area contributed by atoms with Crippen molar-refractivity contribution < 1.29 is 9.59 Å². The summed E-state index contributed by atoms with van der Waals surface area (Å²) in [6, 6.07) is 9.73. The second-order valence-electron chi connectivity index (χ2n) is 5.75. The molecule has 1 aliphatic rings. The van der Waals surface area contributed by atoms with Gasteiger partial charge in [-0.15, -0.1) is 0 Å². The number of nitrogens with one attached hydrogen (secondary N) is 1. The van der Waals surface area contributed by atoms with Gasteiger partial charge >= 0.3 is 0 Å². The highest BCUT2D eigenvalue weighted by atomic mass is 16.2. The molecule has 0 radical (unpaired) electrons. The van der Waals surface area contributed by atoms with Crippen LogP contribution in [0.25, 0.3) is 6.08 Å². The molecule has 0 unspecified atom stereocenters. The van der Waals surface area contributed by atoms with Gasteiger partial charge in [-0.1, -0.05) is 44.2 Å². The van der Waals surface area contributed by atoms with Crippen LogP contribution in [0.2, 0.25) is 0 Å². The minimum atomic E-state index is -0.172. The SMILES string of the molecule is CC[C@H](C)C(=O)N[C@@H]1CCCN1C(=O)/C=C\c1ccccc1. The third kappa shape index (κ3) is 4.20. The van der Waals surface area contributed by atoms with Crippen LogP contribution >= 0.6 is 0 Å². The quantitative estimate of drug-likeness (QED) is 0.850. The molecule has 1 fully saturated rings. The van der Waals surface area contributed by atoms with Crippen molar-refractivity contribution in [2.24, 2.45) is 5.92 Å². The molecule has 0 bridgehead atoms. The molecular formula is C18H24N2O2. The predicted octanol–water partition coefficient (Wildman–Crippen LogP) is 2.81. The molecule has 1 aromatic rings. The number of carbonyl (C=O) groups excluding carboxylic acids is 2. The van der Waals surface area contributed by atoms with Crippen LogP contribution in [0.4, 0.5) is 0 Å². The summed E-state index contributed by atoms with van der Waals surface area (Å²) in [4.78, 5) is 26.1. The van der Waals surface area contributed by atoms with E-state index in [1.807, 2.05) is 50.3 Å². The van der Waals surface area contributed by atoms with Crippen molar-refractivity contribution in [3.8, 4) is 0 Å². The Kier molecular flexibility index (Phi) is 5.75. The third-order valence-corrected chi connectivity index (χ3v) is 4.12. The summed E-state index contributed by atoms with van der Waals surface area (Å²) >= 11 is 0. The third-order valence-electron chi connectivity index (χ3n) is 4.12. The Bertz CT molecular complexity index is 539. The van der Waals surface area contributed by atoms with Gasteiger partial charge < -0.3 is 10.2 Å². The molecule has 1 aliphatic heterocycles. The topological polar surface area (TPSA) is 49.4 Å². The van der Waals surface area contributed by atoms with Gasteiger partial charge in [0.2, 0.25) is 11.8 Å². The monoisotopic (exact) mass is 300 g/mol. The Morgan fingerprint density at radius 3 is 2.77 bits per heavy atom. The van der Waals surface area contributed by atoms with E-state index in [0.29, 0.717) is 6.54 Å². The summed E-state index contributed by atoms with van der Waals surface area (Å²) in [7, 11) is 0. The molecule has 1 heterocycles. The maximum absolute atomic E-state index is 12.3. The predicted molar refractivity (Wildman–Crippen MR) is 87.8 cm³/mol. The zero-order valence-corrected chi connectivity index (χ0v) is 13.3. The van der Waals surface area contributed by atoms with Gasteiger partial charge in [0.05, 0.1) is 0 Å². The Labute approximate surface area is 132 Å². The van der Waals surface area contributed by atoms with E-state index in [0.717, 1.165) is 24.8 Å². The van der Waals surface area contributed by atoms with E-state index in [1.54, 1.807) is 11.0 Å². The van der Waals surface area contributed by atoms with Crippen molar-refractivity contribution >= 4 is 17.9 Å². The molecule has 1 aromatic carbocycles. The summed E-state index contributed by atoms with van der Waals surface area (Å²) in [6.45, 7) is 4.60. The van der Waals surface area contributed by atoms with E-state index in [1.165, 1.54) is 0 Å².